The molecule has 0 aliphatic carbocycles. The predicted octanol–water partition coefficient (Wildman–Crippen LogP) is 2.79. The van der Waals surface area contributed by atoms with Crippen molar-refractivity contribution in [2.24, 2.45) is 0 Å². The lowest BCUT2D eigenvalue weighted by Crippen LogP contribution is -2.52. The Labute approximate surface area is 157 Å². The van der Waals surface area contributed by atoms with Gasteiger partial charge in [0.1, 0.15) is 0 Å². The first-order valence-electron chi connectivity index (χ1n) is 8.80. The van der Waals surface area contributed by atoms with Crippen LogP contribution in [0, 0.1) is 0 Å². The molecular weight excluding hydrogens is 350 g/mol. The van der Waals surface area contributed by atoms with Crippen molar-refractivity contribution in [2.75, 3.05) is 36.0 Å². The number of nitrogens with zero attached hydrogens (tertiary/aromatic N) is 3. The summed E-state index contributed by atoms with van der Waals surface area (Å²) in [6, 6.07) is 16.8. The fraction of sp³-hybridized carbons (Fsp3) is 0.300. The number of carbonyl (C=O) groups excluding carboxylic acids is 2. The van der Waals surface area contributed by atoms with Gasteiger partial charge in [0.05, 0.1) is 18.2 Å². The number of carbonyl (C=O) groups is 2. The molecule has 6 heteroatoms. The van der Waals surface area contributed by atoms with Gasteiger partial charge in [0.2, 0.25) is 5.91 Å². The van der Waals surface area contributed by atoms with Gasteiger partial charge < -0.3 is 4.90 Å². The highest BCUT2D eigenvalue weighted by atomic mass is 35.5. The normalized spacial score (nSPS) is 21.5. The van der Waals surface area contributed by atoms with Crippen molar-refractivity contribution < 1.29 is 9.59 Å². The Kier molecular flexibility index (Phi) is 4.66. The fourth-order valence-electron chi connectivity index (χ4n) is 3.72. The topological polar surface area (TPSA) is 43.9 Å². The van der Waals surface area contributed by atoms with Crippen molar-refractivity contribution in [2.45, 2.75) is 12.5 Å². The van der Waals surface area contributed by atoms with Gasteiger partial charge in [-0.05, 0) is 30.3 Å². The molecule has 0 aromatic heterocycles. The molecule has 0 saturated carbocycles. The predicted molar refractivity (Wildman–Crippen MR) is 103 cm³/mol. The highest BCUT2D eigenvalue weighted by molar-refractivity contribution is 6.31. The zero-order valence-electron chi connectivity index (χ0n) is 14.3. The van der Waals surface area contributed by atoms with E-state index in [2.05, 4.69) is 21.9 Å². The van der Waals surface area contributed by atoms with Crippen LogP contribution in [0.4, 0.5) is 11.4 Å². The number of anilines is 2. The summed E-state index contributed by atoms with van der Waals surface area (Å²) in [6.07, 6.45) is 0.233. The van der Waals surface area contributed by atoms with Gasteiger partial charge in [0, 0.05) is 36.9 Å². The summed E-state index contributed by atoms with van der Waals surface area (Å²) in [7, 11) is 0. The number of piperazine rings is 1. The first-order valence-corrected chi connectivity index (χ1v) is 9.18. The van der Waals surface area contributed by atoms with Gasteiger partial charge in [-0.25, -0.2) is 4.90 Å². The molecule has 2 aliphatic heterocycles. The second kappa shape index (κ2) is 7.09. The number of hydrogen-bond donors (Lipinski definition) is 0. The lowest BCUT2D eigenvalue weighted by molar-refractivity contribution is -0.123. The third-order valence-corrected chi connectivity index (χ3v) is 5.30. The minimum absolute atomic E-state index is 0.148. The third-order valence-electron chi connectivity index (χ3n) is 5.07. The maximum atomic E-state index is 12.9. The smallest absolute Gasteiger partial charge is 0.251 e. The fourth-order valence-corrected chi connectivity index (χ4v) is 3.90. The summed E-state index contributed by atoms with van der Waals surface area (Å²) < 4.78 is 0. The second-order valence-electron chi connectivity index (χ2n) is 6.63. The summed E-state index contributed by atoms with van der Waals surface area (Å²) >= 11 is 6.01. The van der Waals surface area contributed by atoms with Crippen LogP contribution in [0.25, 0.3) is 0 Å². The molecule has 0 N–H and O–H groups in total. The number of hydrogen-bond acceptors (Lipinski definition) is 4. The maximum Gasteiger partial charge on any atom is 0.251 e. The summed E-state index contributed by atoms with van der Waals surface area (Å²) in [5.41, 5.74) is 1.75. The minimum atomic E-state index is -0.376. The molecule has 0 bridgehead atoms. The van der Waals surface area contributed by atoms with Crippen LogP contribution in [-0.4, -0.2) is 48.9 Å². The van der Waals surface area contributed by atoms with E-state index in [1.165, 1.54) is 10.6 Å². The number of benzene rings is 2. The van der Waals surface area contributed by atoms with Crippen LogP contribution in [0.1, 0.15) is 6.42 Å². The average molecular weight is 370 g/mol. The molecule has 5 nitrogen and oxygen atoms in total. The van der Waals surface area contributed by atoms with Crippen molar-refractivity contribution >= 4 is 34.8 Å². The van der Waals surface area contributed by atoms with Crippen molar-refractivity contribution in [3.05, 3.63) is 59.6 Å². The summed E-state index contributed by atoms with van der Waals surface area (Å²) in [6.45, 7) is 3.22. The molecule has 4 rings (SSSR count). The molecule has 26 heavy (non-hydrogen) atoms. The van der Waals surface area contributed by atoms with Gasteiger partial charge in [-0.1, -0.05) is 35.9 Å². The standard InChI is InChI=1S/C20H20ClN3O2/c21-15-5-4-8-17(13-15)24-19(25)14-18(20(24)26)23-11-9-22(10-12-23)16-6-2-1-3-7-16/h1-8,13,18H,9-12,14H2/t18-/m0/s1. The molecule has 0 radical (unpaired) electrons. The van der Waals surface area contributed by atoms with Crippen LogP contribution >= 0.6 is 11.6 Å². The molecular formula is C20H20ClN3O2. The van der Waals surface area contributed by atoms with Gasteiger partial charge >= 0.3 is 0 Å². The Morgan fingerprint density at radius 3 is 2.23 bits per heavy atom. The SMILES string of the molecule is O=C1C[C@H](N2CCN(c3ccccc3)CC2)C(=O)N1c1cccc(Cl)c1. The maximum absolute atomic E-state index is 12.9. The van der Waals surface area contributed by atoms with Gasteiger partial charge in [-0.3, -0.25) is 14.5 Å². The van der Waals surface area contributed by atoms with E-state index in [0.29, 0.717) is 10.7 Å². The van der Waals surface area contributed by atoms with Gasteiger partial charge in [-0.2, -0.15) is 0 Å². The Hall–Kier alpha value is -2.37. The van der Waals surface area contributed by atoms with Crippen molar-refractivity contribution in [1.29, 1.82) is 0 Å². The minimum Gasteiger partial charge on any atom is -0.369 e. The number of imide groups is 1. The van der Waals surface area contributed by atoms with Crippen LogP contribution in [0.2, 0.25) is 5.02 Å². The first-order chi connectivity index (χ1) is 12.6. The average Bonchev–Trinajstić information content (AvgIpc) is 2.97. The molecule has 2 saturated heterocycles. The van der Waals surface area contributed by atoms with Crippen molar-refractivity contribution in [3.63, 3.8) is 0 Å². The van der Waals surface area contributed by atoms with E-state index in [1.807, 2.05) is 18.2 Å². The number of rotatable bonds is 3. The van der Waals surface area contributed by atoms with Crippen LogP contribution in [0.15, 0.2) is 54.6 Å². The molecule has 0 spiro atoms. The molecule has 2 aromatic carbocycles. The molecule has 2 fully saturated rings. The van der Waals surface area contributed by atoms with Crippen LogP contribution < -0.4 is 9.80 Å². The summed E-state index contributed by atoms with van der Waals surface area (Å²) in [4.78, 5) is 31.1. The van der Waals surface area contributed by atoms with E-state index >= 15 is 0 Å². The highest BCUT2D eigenvalue weighted by Crippen LogP contribution is 2.28. The Balaban J connectivity index is 1.45. The summed E-state index contributed by atoms with van der Waals surface area (Å²) in [5.74, 6) is -0.307. The van der Waals surface area contributed by atoms with Gasteiger partial charge in [0.15, 0.2) is 0 Å². The Morgan fingerprint density at radius 1 is 0.846 bits per heavy atom. The zero-order valence-corrected chi connectivity index (χ0v) is 15.1. The van der Waals surface area contributed by atoms with Crippen molar-refractivity contribution in [1.82, 2.24) is 4.90 Å². The number of halogens is 1. The van der Waals surface area contributed by atoms with E-state index < -0.39 is 0 Å². The van der Waals surface area contributed by atoms with Crippen LogP contribution in [0.5, 0.6) is 0 Å². The monoisotopic (exact) mass is 369 g/mol. The van der Waals surface area contributed by atoms with Crippen LogP contribution in [-0.2, 0) is 9.59 Å². The Bertz CT molecular complexity index is 819. The van der Waals surface area contributed by atoms with Gasteiger partial charge in [0.25, 0.3) is 5.91 Å². The molecule has 0 unspecified atom stereocenters. The second-order valence-corrected chi connectivity index (χ2v) is 7.06. The van der Waals surface area contributed by atoms with Crippen molar-refractivity contribution in [3.8, 4) is 0 Å². The van der Waals surface area contributed by atoms with E-state index in [1.54, 1.807) is 24.3 Å². The highest BCUT2D eigenvalue weighted by Gasteiger charge is 2.43. The van der Waals surface area contributed by atoms with E-state index in [9.17, 15) is 9.59 Å². The lowest BCUT2D eigenvalue weighted by atomic mass is 10.1. The van der Waals surface area contributed by atoms with Crippen LogP contribution in [0.3, 0.4) is 0 Å². The van der Waals surface area contributed by atoms with E-state index in [4.69, 9.17) is 11.6 Å². The zero-order chi connectivity index (χ0) is 18.1. The number of para-hydroxylation sites is 1. The third kappa shape index (κ3) is 3.20. The molecule has 2 heterocycles. The quantitative estimate of drug-likeness (QED) is 0.780. The number of amides is 2. The first kappa shape index (κ1) is 17.1. The molecule has 134 valence electrons. The van der Waals surface area contributed by atoms with E-state index in [0.717, 1.165) is 26.2 Å². The molecule has 2 amide bonds. The van der Waals surface area contributed by atoms with Gasteiger partial charge in [-0.15, -0.1) is 0 Å². The molecule has 2 aliphatic rings. The molecule has 2 aromatic rings. The summed E-state index contributed by atoms with van der Waals surface area (Å²) in [5, 5.41) is 0.517. The van der Waals surface area contributed by atoms with E-state index in [-0.39, 0.29) is 24.3 Å². The Morgan fingerprint density at radius 2 is 1.54 bits per heavy atom. The lowest BCUT2D eigenvalue weighted by Gasteiger charge is -2.38. The molecule has 1 atom stereocenters. The largest absolute Gasteiger partial charge is 0.369 e.